The molecule has 0 saturated carbocycles. The van der Waals surface area contributed by atoms with Gasteiger partial charge < -0.3 is 9.63 Å². The Morgan fingerprint density at radius 2 is 2.32 bits per heavy atom. The maximum absolute atomic E-state index is 11.0. The Bertz CT molecular complexity index is 434. The molecule has 108 valence electrons. The third kappa shape index (κ3) is 3.70. The number of rotatable bonds is 4. The molecule has 1 saturated heterocycles. The fraction of sp³-hybridized carbons (Fsp3) is 0.692. The van der Waals surface area contributed by atoms with Crippen LogP contribution < -0.4 is 0 Å². The molecule has 6 heteroatoms. The number of likely N-dealkylation sites (tertiary alicyclic amines) is 1. The highest BCUT2D eigenvalue weighted by molar-refractivity contribution is 5.85. The van der Waals surface area contributed by atoms with E-state index in [0.29, 0.717) is 6.54 Å². The average Bonchev–Trinajstić information content (AvgIpc) is 2.71. The number of carboxylic acids is 1. The molecule has 1 aromatic heterocycles. The molecule has 1 atom stereocenters. The van der Waals surface area contributed by atoms with Crippen molar-refractivity contribution in [1.82, 2.24) is 10.1 Å². The first-order valence-corrected chi connectivity index (χ1v) is 6.51. The molecule has 0 amide bonds. The first-order chi connectivity index (χ1) is 8.61. The van der Waals surface area contributed by atoms with Crippen LogP contribution in [0.3, 0.4) is 0 Å². The second-order valence-electron chi connectivity index (χ2n) is 4.93. The number of carbonyl (C=O) groups is 1. The number of hydrogen-bond donors (Lipinski definition) is 1. The third-order valence-corrected chi connectivity index (χ3v) is 3.64. The lowest BCUT2D eigenvalue weighted by Crippen LogP contribution is -2.38. The van der Waals surface area contributed by atoms with Crippen molar-refractivity contribution in [3.05, 3.63) is 17.0 Å². The SMILES string of the molecule is CCc1noc(C)c1CN1CCCC(C(=O)O)C1.Cl. The minimum absolute atomic E-state index is 0. The van der Waals surface area contributed by atoms with E-state index in [-0.39, 0.29) is 18.3 Å². The van der Waals surface area contributed by atoms with E-state index in [2.05, 4.69) is 17.0 Å². The predicted molar refractivity (Wildman–Crippen MR) is 73.5 cm³/mol. The van der Waals surface area contributed by atoms with E-state index < -0.39 is 5.97 Å². The lowest BCUT2D eigenvalue weighted by Gasteiger charge is -2.30. The Balaban J connectivity index is 0.00000180. The Labute approximate surface area is 119 Å². The smallest absolute Gasteiger partial charge is 0.307 e. The summed E-state index contributed by atoms with van der Waals surface area (Å²) >= 11 is 0. The normalized spacial score (nSPS) is 20.0. The first-order valence-electron chi connectivity index (χ1n) is 6.51. The molecule has 1 aliphatic rings. The fourth-order valence-corrected chi connectivity index (χ4v) is 2.54. The fourth-order valence-electron chi connectivity index (χ4n) is 2.54. The molecule has 1 unspecified atom stereocenters. The van der Waals surface area contributed by atoms with Crippen LogP contribution in [0.1, 0.15) is 36.8 Å². The van der Waals surface area contributed by atoms with Gasteiger partial charge in [-0.25, -0.2) is 0 Å². The summed E-state index contributed by atoms with van der Waals surface area (Å²) in [4.78, 5) is 13.2. The summed E-state index contributed by atoms with van der Waals surface area (Å²) in [5, 5.41) is 13.1. The van der Waals surface area contributed by atoms with Crippen molar-refractivity contribution < 1.29 is 14.4 Å². The van der Waals surface area contributed by atoms with Crippen molar-refractivity contribution >= 4 is 18.4 Å². The summed E-state index contributed by atoms with van der Waals surface area (Å²) < 4.78 is 5.21. The molecule has 1 aromatic rings. The molecular formula is C13H21ClN2O3. The van der Waals surface area contributed by atoms with Crippen molar-refractivity contribution in [3.63, 3.8) is 0 Å². The molecule has 0 aromatic carbocycles. The van der Waals surface area contributed by atoms with Crippen molar-refractivity contribution in [1.29, 1.82) is 0 Å². The van der Waals surface area contributed by atoms with Gasteiger partial charge in [-0.2, -0.15) is 0 Å². The number of nitrogens with zero attached hydrogens (tertiary/aromatic N) is 2. The molecular weight excluding hydrogens is 268 g/mol. The zero-order chi connectivity index (χ0) is 13.1. The number of aliphatic carboxylic acids is 1. The van der Waals surface area contributed by atoms with Gasteiger partial charge >= 0.3 is 5.97 Å². The quantitative estimate of drug-likeness (QED) is 0.920. The Morgan fingerprint density at radius 3 is 2.95 bits per heavy atom. The van der Waals surface area contributed by atoms with Gasteiger partial charge in [0.05, 0.1) is 11.6 Å². The highest BCUT2D eigenvalue weighted by Crippen LogP contribution is 2.22. The molecule has 1 N–H and O–H groups in total. The lowest BCUT2D eigenvalue weighted by atomic mass is 9.97. The van der Waals surface area contributed by atoms with Crippen LogP contribution in [0.2, 0.25) is 0 Å². The average molecular weight is 289 g/mol. The number of piperidine rings is 1. The minimum atomic E-state index is -0.683. The van der Waals surface area contributed by atoms with Crippen LogP contribution >= 0.6 is 12.4 Å². The summed E-state index contributed by atoms with van der Waals surface area (Å²) in [6.07, 6.45) is 2.58. The van der Waals surface area contributed by atoms with Gasteiger partial charge in [0.2, 0.25) is 0 Å². The Kier molecular flexibility index (Phi) is 5.82. The molecule has 0 spiro atoms. The lowest BCUT2D eigenvalue weighted by molar-refractivity contribution is -0.143. The Morgan fingerprint density at radius 1 is 1.58 bits per heavy atom. The third-order valence-electron chi connectivity index (χ3n) is 3.64. The van der Waals surface area contributed by atoms with Crippen LogP contribution in [0.15, 0.2) is 4.52 Å². The summed E-state index contributed by atoms with van der Waals surface area (Å²) in [6.45, 7) is 6.31. The summed E-state index contributed by atoms with van der Waals surface area (Å²) in [7, 11) is 0. The van der Waals surface area contributed by atoms with E-state index in [1.807, 2.05) is 6.92 Å². The van der Waals surface area contributed by atoms with Crippen LogP contribution in [-0.2, 0) is 17.8 Å². The van der Waals surface area contributed by atoms with Gasteiger partial charge in [0.25, 0.3) is 0 Å². The molecule has 1 fully saturated rings. The monoisotopic (exact) mass is 288 g/mol. The first kappa shape index (κ1) is 16.0. The molecule has 2 rings (SSSR count). The van der Waals surface area contributed by atoms with Crippen molar-refractivity contribution in [2.75, 3.05) is 13.1 Å². The van der Waals surface area contributed by atoms with Crippen LogP contribution in [0.4, 0.5) is 0 Å². The van der Waals surface area contributed by atoms with Crippen molar-refractivity contribution in [3.8, 4) is 0 Å². The standard InChI is InChI=1S/C13H20N2O3.ClH/c1-3-12-11(9(2)18-14-12)8-15-6-4-5-10(7-15)13(16)17;/h10H,3-8H2,1-2H3,(H,16,17);1H. The van der Waals surface area contributed by atoms with E-state index >= 15 is 0 Å². The molecule has 19 heavy (non-hydrogen) atoms. The summed E-state index contributed by atoms with van der Waals surface area (Å²) in [6, 6.07) is 0. The van der Waals surface area contributed by atoms with Gasteiger partial charge in [-0.15, -0.1) is 12.4 Å². The van der Waals surface area contributed by atoms with Crippen LogP contribution in [-0.4, -0.2) is 34.2 Å². The molecule has 1 aliphatic heterocycles. The van der Waals surface area contributed by atoms with Crippen LogP contribution in [0.5, 0.6) is 0 Å². The zero-order valence-corrected chi connectivity index (χ0v) is 12.2. The molecule has 2 heterocycles. The zero-order valence-electron chi connectivity index (χ0n) is 11.4. The second kappa shape index (κ2) is 6.91. The number of carboxylic acid groups (broad SMARTS) is 1. The topological polar surface area (TPSA) is 66.6 Å². The molecule has 0 aliphatic carbocycles. The number of hydrogen-bond acceptors (Lipinski definition) is 4. The molecule has 5 nitrogen and oxygen atoms in total. The number of halogens is 1. The molecule has 0 radical (unpaired) electrons. The summed E-state index contributed by atoms with van der Waals surface area (Å²) in [5.41, 5.74) is 2.12. The Hall–Kier alpha value is -1.07. The highest BCUT2D eigenvalue weighted by atomic mass is 35.5. The number of aromatic nitrogens is 1. The maximum Gasteiger partial charge on any atom is 0.307 e. The second-order valence-corrected chi connectivity index (χ2v) is 4.93. The maximum atomic E-state index is 11.0. The van der Waals surface area contributed by atoms with Crippen LogP contribution in [0, 0.1) is 12.8 Å². The number of aryl methyl sites for hydroxylation is 2. The van der Waals surface area contributed by atoms with Gasteiger partial charge in [0.15, 0.2) is 0 Å². The van der Waals surface area contributed by atoms with Gasteiger partial charge in [-0.1, -0.05) is 12.1 Å². The predicted octanol–water partition coefficient (Wildman–Crippen LogP) is 2.26. The van der Waals surface area contributed by atoms with E-state index in [9.17, 15) is 4.79 Å². The summed E-state index contributed by atoms with van der Waals surface area (Å²) in [5.74, 6) is -0.0641. The van der Waals surface area contributed by atoms with Gasteiger partial charge in [-0.05, 0) is 32.7 Å². The minimum Gasteiger partial charge on any atom is -0.481 e. The van der Waals surface area contributed by atoms with Gasteiger partial charge in [0.1, 0.15) is 5.76 Å². The highest BCUT2D eigenvalue weighted by Gasteiger charge is 2.26. The van der Waals surface area contributed by atoms with Crippen LogP contribution in [0.25, 0.3) is 0 Å². The van der Waals surface area contributed by atoms with Gasteiger partial charge in [-0.3, -0.25) is 9.69 Å². The van der Waals surface area contributed by atoms with E-state index in [1.165, 1.54) is 0 Å². The molecule has 0 bridgehead atoms. The largest absolute Gasteiger partial charge is 0.481 e. The van der Waals surface area contributed by atoms with E-state index in [1.54, 1.807) is 0 Å². The van der Waals surface area contributed by atoms with Crippen molar-refractivity contribution in [2.45, 2.75) is 39.7 Å². The van der Waals surface area contributed by atoms with E-state index in [0.717, 1.165) is 49.4 Å². The van der Waals surface area contributed by atoms with Crippen molar-refractivity contribution in [2.24, 2.45) is 5.92 Å². The van der Waals surface area contributed by atoms with E-state index in [4.69, 9.17) is 9.63 Å². The van der Waals surface area contributed by atoms with Gasteiger partial charge in [0, 0.05) is 18.7 Å².